The maximum atomic E-state index is 11.7. The van der Waals surface area contributed by atoms with Crippen molar-refractivity contribution in [3.05, 3.63) is 59.9 Å². The number of carbonyl (C=O) groups excluding carboxylic acids is 1. The highest BCUT2D eigenvalue weighted by molar-refractivity contribution is 5.93. The van der Waals surface area contributed by atoms with Crippen LogP contribution in [0.15, 0.2) is 53.8 Å². The summed E-state index contributed by atoms with van der Waals surface area (Å²) >= 11 is 0. The number of carboxylic acids is 1. The molecule has 1 heterocycles. The number of ether oxygens (including phenoxy) is 1. The average Bonchev–Trinajstić information content (AvgIpc) is 2.54. The van der Waals surface area contributed by atoms with Gasteiger partial charge in [0.2, 0.25) is 0 Å². The molecule has 0 aliphatic heterocycles. The molecular formula is C15H13N3O4. The highest BCUT2D eigenvalue weighted by Gasteiger charge is 2.05. The van der Waals surface area contributed by atoms with E-state index in [1.54, 1.807) is 42.5 Å². The SMILES string of the molecule is O=C(O)COc1ccccc1/C=N\NC(=O)c1ccccn1. The molecule has 0 radical (unpaired) electrons. The monoisotopic (exact) mass is 299 g/mol. The molecule has 1 aromatic heterocycles. The molecule has 0 saturated carbocycles. The third-order valence-corrected chi connectivity index (χ3v) is 2.54. The van der Waals surface area contributed by atoms with Crippen LogP contribution in [0.4, 0.5) is 0 Å². The van der Waals surface area contributed by atoms with Gasteiger partial charge in [0.15, 0.2) is 6.61 Å². The predicted octanol–water partition coefficient (Wildman–Crippen LogP) is 1.31. The van der Waals surface area contributed by atoms with Crippen LogP contribution in [0.25, 0.3) is 0 Å². The van der Waals surface area contributed by atoms with Gasteiger partial charge in [-0.05, 0) is 24.3 Å². The van der Waals surface area contributed by atoms with Crippen molar-refractivity contribution in [2.24, 2.45) is 5.10 Å². The lowest BCUT2D eigenvalue weighted by atomic mass is 10.2. The molecule has 2 N–H and O–H groups in total. The standard InChI is InChI=1S/C15H13N3O4/c19-14(20)10-22-13-7-2-1-5-11(13)9-17-18-15(21)12-6-3-4-8-16-12/h1-9H,10H2,(H,18,21)(H,19,20)/b17-9-. The van der Waals surface area contributed by atoms with Crippen molar-refractivity contribution in [1.82, 2.24) is 10.4 Å². The number of carbonyl (C=O) groups is 2. The van der Waals surface area contributed by atoms with E-state index >= 15 is 0 Å². The Balaban J connectivity index is 2.01. The van der Waals surface area contributed by atoms with Gasteiger partial charge < -0.3 is 9.84 Å². The zero-order valence-corrected chi connectivity index (χ0v) is 11.5. The van der Waals surface area contributed by atoms with Crippen molar-refractivity contribution in [3.63, 3.8) is 0 Å². The Kier molecular flexibility index (Phi) is 5.20. The van der Waals surface area contributed by atoms with Crippen LogP contribution < -0.4 is 10.2 Å². The first kappa shape index (κ1) is 15.2. The summed E-state index contributed by atoms with van der Waals surface area (Å²) in [5, 5.41) is 12.4. The summed E-state index contributed by atoms with van der Waals surface area (Å²) < 4.78 is 5.12. The Morgan fingerprint density at radius 3 is 2.73 bits per heavy atom. The summed E-state index contributed by atoms with van der Waals surface area (Å²) in [6.07, 6.45) is 2.88. The number of hydrogen-bond donors (Lipinski definition) is 2. The van der Waals surface area contributed by atoms with E-state index in [4.69, 9.17) is 9.84 Å². The van der Waals surface area contributed by atoms with Crippen molar-refractivity contribution >= 4 is 18.1 Å². The maximum Gasteiger partial charge on any atom is 0.341 e. The highest BCUT2D eigenvalue weighted by Crippen LogP contribution is 2.15. The summed E-state index contributed by atoms with van der Waals surface area (Å²) in [6, 6.07) is 11.7. The molecule has 0 spiro atoms. The van der Waals surface area contributed by atoms with Gasteiger partial charge in [0, 0.05) is 11.8 Å². The second kappa shape index (κ2) is 7.53. The third-order valence-electron chi connectivity index (χ3n) is 2.54. The van der Waals surface area contributed by atoms with Crippen LogP contribution in [-0.2, 0) is 4.79 Å². The van der Waals surface area contributed by atoms with Crippen LogP contribution in [-0.4, -0.2) is 34.8 Å². The second-order valence-corrected chi connectivity index (χ2v) is 4.13. The van der Waals surface area contributed by atoms with Gasteiger partial charge in [-0.25, -0.2) is 10.2 Å². The molecule has 2 rings (SSSR count). The number of nitrogens with zero attached hydrogens (tertiary/aromatic N) is 2. The Morgan fingerprint density at radius 2 is 2.00 bits per heavy atom. The molecule has 0 unspecified atom stereocenters. The molecule has 0 aliphatic carbocycles. The number of carboxylic acid groups (broad SMARTS) is 1. The Labute approximate surface area is 126 Å². The van der Waals surface area contributed by atoms with Crippen molar-refractivity contribution in [3.8, 4) is 5.75 Å². The number of benzene rings is 1. The largest absolute Gasteiger partial charge is 0.481 e. The van der Waals surface area contributed by atoms with Crippen molar-refractivity contribution < 1.29 is 19.4 Å². The first-order valence-electron chi connectivity index (χ1n) is 6.35. The number of nitrogens with one attached hydrogen (secondary N) is 1. The minimum Gasteiger partial charge on any atom is -0.481 e. The molecule has 0 atom stereocenters. The van der Waals surface area contributed by atoms with Gasteiger partial charge >= 0.3 is 5.97 Å². The molecule has 1 amide bonds. The number of pyridine rings is 1. The number of aromatic nitrogens is 1. The maximum absolute atomic E-state index is 11.7. The molecule has 0 fully saturated rings. The summed E-state index contributed by atoms with van der Waals surface area (Å²) in [7, 11) is 0. The lowest BCUT2D eigenvalue weighted by molar-refractivity contribution is -0.139. The van der Waals surface area contributed by atoms with Gasteiger partial charge in [-0.3, -0.25) is 9.78 Å². The Hall–Kier alpha value is -3.22. The number of rotatable bonds is 6. The van der Waals surface area contributed by atoms with E-state index in [0.29, 0.717) is 11.3 Å². The van der Waals surface area contributed by atoms with Crippen LogP contribution in [0, 0.1) is 0 Å². The molecule has 0 saturated heterocycles. The lowest BCUT2D eigenvalue weighted by Crippen LogP contribution is -2.18. The van der Waals surface area contributed by atoms with E-state index < -0.39 is 18.5 Å². The van der Waals surface area contributed by atoms with Crippen LogP contribution in [0.3, 0.4) is 0 Å². The van der Waals surface area contributed by atoms with E-state index in [1.807, 2.05) is 0 Å². The van der Waals surface area contributed by atoms with Crippen molar-refractivity contribution in [2.75, 3.05) is 6.61 Å². The fraction of sp³-hybridized carbons (Fsp3) is 0.0667. The van der Waals surface area contributed by atoms with E-state index in [9.17, 15) is 9.59 Å². The molecule has 0 aliphatic rings. The van der Waals surface area contributed by atoms with E-state index in [2.05, 4.69) is 15.5 Å². The van der Waals surface area contributed by atoms with Gasteiger partial charge in [0.25, 0.3) is 5.91 Å². The fourth-order valence-corrected chi connectivity index (χ4v) is 1.57. The fourth-order valence-electron chi connectivity index (χ4n) is 1.57. The summed E-state index contributed by atoms with van der Waals surface area (Å²) in [6.45, 7) is -0.453. The van der Waals surface area contributed by atoms with E-state index in [1.165, 1.54) is 12.4 Å². The summed E-state index contributed by atoms with van der Waals surface area (Å²) in [5.41, 5.74) is 3.13. The van der Waals surface area contributed by atoms with Crippen LogP contribution in [0.5, 0.6) is 5.75 Å². The predicted molar refractivity (Wildman–Crippen MR) is 78.9 cm³/mol. The quantitative estimate of drug-likeness (QED) is 0.618. The van der Waals surface area contributed by atoms with Crippen molar-refractivity contribution in [2.45, 2.75) is 0 Å². The van der Waals surface area contributed by atoms with Crippen LogP contribution in [0.1, 0.15) is 16.1 Å². The molecule has 7 nitrogen and oxygen atoms in total. The number of amides is 1. The first-order chi connectivity index (χ1) is 10.7. The first-order valence-corrected chi connectivity index (χ1v) is 6.35. The molecule has 1 aromatic carbocycles. The molecule has 0 bridgehead atoms. The Bertz CT molecular complexity index is 686. The van der Waals surface area contributed by atoms with Gasteiger partial charge in [-0.1, -0.05) is 18.2 Å². The number of hydrazone groups is 1. The average molecular weight is 299 g/mol. The summed E-state index contributed by atoms with van der Waals surface area (Å²) in [5.74, 6) is -1.16. The third kappa shape index (κ3) is 4.41. The zero-order valence-electron chi connectivity index (χ0n) is 11.5. The minimum absolute atomic E-state index is 0.245. The Morgan fingerprint density at radius 1 is 1.23 bits per heavy atom. The number of hydrogen-bond acceptors (Lipinski definition) is 5. The topological polar surface area (TPSA) is 101 Å². The van der Waals surface area contributed by atoms with Gasteiger partial charge in [0.05, 0.1) is 6.21 Å². The normalized spacial score (nSPS) is 10.4. The van der Waals surface area contributed by atoms with Gasteiger partial charge in [-0.15, -0.1) is 0 Å². The van der Waals surface area contributed by atoms with Gasteiger partial charge in [-0.2, -0.15) is 5.10 Å². The summed E-state index contributed by atoms with van der Waals surface area (Å²) in [4.78, 5) is 26.2. The molecule has 112 valence electrons. The van der Waals surface area contributed by atoms with Crippen LogP contribution >= 0.6 is 0 Å². The minimum atomic E-state index is -1.07. The number of para-hydroxylation sites is 1. The highest BCUT2D eigenvalue weighted by atomic mass is 16.5. The zero-order chi connectivity index (χ0) is 15.8. The molecule has 22 heavy (non-hydrogen) atoms. The van der Waals surface area contributed by atoms with Gasteiger partial charge in [0.1, 0.15) is 11.4 Å². The number of aliphatic carboxylic acids is 1. The van der Waals surface area contributed by atoms with E-state index in [0.717, 1.165) is 0 Å². The molecule has 7 heteroatoms. The van der Waals surface area contributed by atoms with Crippen LogP contribution in [0.2, 0.25) is 0 Å². The lowest BCUT2D eigenvalue weighted by Gasteiger charge is -2.06. The second-order valence-electron chi connectivity index (χ2n) is 4.13. The van der Waals surface area contributed by atoms with Crippen molar-refractivity contribution in [1.29, 1.82) is 0 Å². The smallest absolute Gasteiger partial charge is 0.341 e. The molecule has 2 aromatic rings. The molecular weight excluding hydrogens is 286 g/mol. The van der Waals surface area contributed by atoms with E-state index in [-0.39, 0.29) is 5.69 Å².